The van der Waals surface area contributed by atoms with E-state index in [1.165, 1.54) is 0 Å². The third kappa shape index (κ3) is 5.10. The second-order valence-electron chi connectivity index (χ2n) is 2.36. The fourth-order valence-electron chi connectivity index (χ4n) is 0.615. The number of hydrogen-bond donors (Lipinski definition) is 4. The summed E-state index contributed by atoms with van der Waals surface area (Å²) in [5.74, 6) is 1.57. The first-order valence-electron chi connectivity index (χ1n) is 3.77. The number of carboxylic acids is 2. The standard InChI is InChI=1S/C6H6Br2N2.C2H2O4/c7-4-2-1-3-5(10-9)6(4)8;3-1(4)2(5)6/h1-3,10H,9H2;(H,3,4)(H,5,6). The third-order valence-corrected chi connectivity index (χ3v) is 3.34. The molecule has 1 rings (SSSR count). The number of halogens is 2. The van der Waals surface area contributed by atoms with E-state index in [4.69, 9.17) is 25.6 Å². The Morgan fingerprint density at radius 2 is 1.69 bits per heavy atom. The van der Waals surface area contributed by atoms with Gasteiger partial charge in [-0.3, -0.25) is 5.84 Å². The molecule has 0 atom stereocenters. The first-order chi connectivity index (χ1) is 7.40. The maximum atomic E-state index is 9.10. The lowest BCUT2D eigenvalue weighted by molar-refractivity contribution is -0.159. The van der Waals surface area contributed by atoms with Crippen molar-refractivity contribution in [3.8, 4) is 0 Å². The number of hydrazine groups is 1. The normalized spacial score (nSPS) is 8.69. The van der Waals surface area contributed by atoms with E-state index in [2.05, 4.69) is 37.3 Å². The Morgan fingerprint density at radius 3 is 2.00 bits per heavy atom. The first kappa shape index (κ1) is 14.9. The predicted octanol–water partition coefficient (Wildman–Crippen LogP) is 1.65. The van der Waals surface area contributed by atoms with E-state index in [9.17, 15) is 0 Å². The summed E-state index contributed by atoms with van der Waals surface area (Å²) in [5.41, 5.74) is 3.43. The number of nitrogens with one attached hydrogen (secondary N) is 1. The van der Waals surface area contributed by atoms with Gasteiger partial charge in [0, 0.05) is 4.47 Å². The average molecular weight is 356 g/mol. The van der Waals surface area contributed by atoms with Crippen LogP contribution in [0.3, 0.4) is 0 Å². The van der Waals surface area contributed by atoms with E-state index in [1.54, 1.807) is 0 Å². The van der Waals surface area contributed by atoms with Crippen LogP contribution in [0.2, 0.25) is 0 Å². The van der Waals surface area contributed by atoms with Crippen molar-refractivity contribution in [1.29, 1.82) is 0 Å². The van der Waals surface area contributed by atoms with Crippen LogP contribution in [0.1, 0.15) is 0 Å². The number of benzene rings is 1. The minimum atomic E-state index is -1.82. The molecule has 0 radical (unpaired) electrons. The second kappa shape index (κ2) is 7.20. The summed E-state index contributed by atoms with van der Waals surface area (Å²) in [6.07, 6.45) is 0. The van der Waals surface area contributed by atoms with Gasteiger partial charge in [-0.05, 0) is 44.0 Å². The van der Waals surface area contributed by atoms with Crippen LogP contribution in [-0.2, 0) is 9.59 Å². The minimum absolute atomic E-state index is 0.870. The zero-order valence-electron chi connectivity index (χ0n) is 7.78. The predicted molar refractivity (Wildman–Crippen MR) is 64.9 cm³/mol. The molecule has 5 N–H and O–H groups in total. The highest BCUT2D eigenvalue weighted by atomic mass is 79.9. The Labute approximate surface area is 108 Å². The summed E-state index contributed by atoms with van der Waals surface area (Å²) in [7, 11) is 0. The van der Waals surface area contributed by atoms with Crippen LogP contribution in [-0.4, -0.2) is 22.2 Å². The molecule has 0 aromatic heterocycles. The molecule has 0 saturated carbocycles. The van der Waals surface area contributed by atoms with Crippen molar-refractivity contribution in [1.82, 2.24) is 0 Å². The highest BCUT2D eigenvalue weighted by Gasteiger charge is 2.04. The van der Waals surface area contributed by atoms with Gasteiger partial charge in [0.2, 0.25) is 0 Å². The molecule has 0 unspecified atom stereocenters. The molecule has 0 spiro atoms. The Kier molecular flexibility index (Phi) is 6.70. The lowest BCUT2D eigenvalue weighted by atomic mass is 10.3. The second-order valence-corrected chi connectivity index (χ2v) is 4.00. The fraction of sp³-hybridized carbons (Fsp3) is 0. The van der Waals surface area contributed by atoms with Gasteiger partial charge in [-0.25, -0.2) is 9.59 Å². The molecule has 1 aromatic carbocycles. The maximum Gasteiger partial charge on any atom is 0.414 e. The summed E-state index contributed by atoms with van der Waals surface area (Å²) in [6, 6.07) is 5.73. The number of nitrogen functional groups attached to an aromatic ring is 1. The molecular weight excluding hydrogens is 348 g/mol. The molecule has 16 heavy (non-hydrogen) atoms. The molecular formula is C8H8Br2N2O4. The van der Waals surface area contributed by atoms with Crippen LogP contribution in [0.15, 0.2) is 27.1 Å². The highest BCUT2D eigenvalue weighted by Crippen LogP contribution is 2.29. The smallest absolute Gasteiger partial charge is 0.414 e. The summed E-state index contributed by atoms with van der Waals surface area (Å²) in [5, 5.41) is 14.8. The van der Waals surface area contributed by atoms with Gasteiger partial charge in [0.05, 0.1) is 10.2 Å². The van der Waals surface area contributed by atoms with Gasteiger partial charge >= 0.3 is 11.9 Å². The van der Waals surface area contributed by atoms with Gasteiger partial charge in [-0.2, -0.15) is 0 Å². The number of aliphatic carboxylic acids is 2. The molecule has 6 nitrogen and oxygen atoms in total. The molecule has 0 saturated heterocycles. The molecule has 1 aromatic rings. The summed E-state index contributed by atoms with van der Waals surface area (Å²) < 4.78 is 1.93. The van der Waals surface area contributed by atoms with Gasteiger partial charge in [0.15, 0.2) is 0 Å². The number of nitrogens with two attached hydrogens (primary N) is 1. The van der Waals surface area contributed by atoms with Crippen molar-refractivity contribution in [2.75, 3.05) is 5.43 Å². The minimum Gasteiger partial charge on any atom is -0.473 e. The number of carbonyl (C=O) groups is 2. The monoisotopic (exact) mass is 354 g/mol. The third-order valence-electron chi connectivity index (χ3n) is 1.29. The van der Waals surface area contributed by atoms with E-state index in [-0.39, 0.29) is 0 Å². The Bertz CT molecular complexity index is 386. The molecule has 8 heteroatoms. The van der Waals surface area contributed by atoms with Crippen molar-refractivity contribution in [3.63, 3.8) is 0 Å². The van der Waals surface area contributed by atoms with Gasteiger partial charge < -0.3 is 15.6 Å². The number of hydrogen-bond acceptors (Lipinski definition) is 4. The van der Waals surface area contributed by atoms with Gasteiger partial charge in [-0.15, -0.1) is 0 Å². The van der Waals surface area contributed by atoms with Crippen molar-refractivity contribution in [2.45, 2.75) is 0 Å². The van der Waals surface area contributed by atoms with Crippen molar-refractivity contribution in [2.24, 2.45) is 5.84 Å². The molecule has 0 fully saturated rings. The van der Waals surface area contributed by atoms with E-state index < -0.39 is 11.9 Å². The van der Waals surface area contributed by atoms with E-state index in [1.807, 2.05) is 18.2 Å². The Hall–Kier alpha value is -1.12. The zero-order valence-corrected chi connectivity index (χ0v) is 10.9. The van der Waals surface area contributed by atoms with E-state index >= 15 is 0 Å². The number of carboxylic acid groups (broad SMARTS) is 2. The lowest BCUT2D eigenvalue weighted by Gasteiger charge is -2.02. The Morgan fingerprint density at radius 1 is 1.19 bits per heavy atom. The summed E-state index contributed by atoms with van der Waals surface area (Å²) in [6.45, 7) is 0. The van der Waals surface area contributed by atoms with Gasteiger partial charge in [-0.1, -0.05) is 6.07 Å². The molecule has 0 aliphatic rings. The number of anilines is 1. The van der Waals surface area contributed by atoms with E-state index in [0.717, 1.165) is 14.6 Å². The summed E-state index contributed by atoms with van der Waals surface area (Å²) >= 11 is 6.70. The van der Waals surface area contributed by atoms with Gasteiger partial charge in [0.25, 0.3) is 0 Å². The lowest BCUT2D eigenvalue weighted by Crippen LogP contribution is -2.09. The largest absolute Gasteiger partial charge is 0.473 e. The molecule has 88 valence electrons. The first-order valence-corrected chi connectivity index (χ1v) is 5.35. The molecule has 0 bridgehead atoms. The summed E-state index contributed by atoms with van der Waals surface area (Å²) in [4.78, 5) is 18.2. The topological polar surface area (TPSA) is 113 Å². The van der Waals surface area contributed by atoms with Crippen molar-refractivity contribution < 1.29 is 19.8 Å². The van der Waals surface area contributed by atoms with Gasteiger partial charge in [0.1, 0.15) is 0 Å². The Balaban J connectivity index is 0.000000325. The van der Waals surface area contributed by atoms with Crippen LogP contribution in [0, 0.1) is 0 Å². The van der Waals surface area contributed by atoms with Crippen LogP contribution >= 0.6 is 31.9 Å². The quantitative estimate of drug-likeness (QED) is 0.346. The van der Waals surface area contributed by atoms with E-state index in [0.29, 0.717) is 0 Å². The molecule has 0 aliphatic heterocycles. The van der Waals surface area contributed by atoms with Crippen LogP contribution < -0.4 is 11.3 Å². The maximum absolute atomic E-state index is 9.10. The molecule has 0 heterocycles. The SMILES string of the molecule is NNc1cccc(Br)c1Br.O=C(O)C(=O)O. The van der Waals surface area contributed by atoms with Crippen molar-refractivity contribution >= 4 is 49.5 Å². The van der Waals surface area contributed by atoms with Crippen molar-refractivity contribution in [3.05, 3.63) is 27.1 Å². The fourth-order valence-corrected chi connectivity index (χ4v) is 1.36. The molecule has 0 amide bonds. The highest BCUT2D eigenvalue weighted by molar-refractivity contribution is 9.13. The zero-order chi connectivity index (χ0) is 12.7. The average Bonchev–Trinajstić information content (AvgIpc) is 2.23. The van der Waals surface area contributed by atoms with Crippen LogP contribution in [0.4, 0.5) is 5.69 Å². The number of rotatable bonds is 1. The molecule has 0 aliphatic carbocycles. The van der Waals surface area contributed by atoms with Crippen LogP contribution in [0.25, 0.3) is 0 Å². The van der Waals surface area contributed by atoms with Crippen LogP contribution in [0.5, 0.6) is 0 Å².